The van der Waals surface area contributed by atoms with Gasteiger partial charge in [-0.2, -0.15) is 8.78 Å². The molecule has 1 aliphatic heterocycles. The molecule has 2 aromatic rings. The highest BCUT2D eigenvalue weighted by atomic mass is 32.1. The molecular formula is C26H31F2NO4S. The van der Waals surface area contributed by atoms with Crippen molar-refractivity contribution in [3.05, 3.63) is 69.9 Å². The minimum atomic E-state index is -3.42. The number of nitrogens with zero attached hydrogens (tertiary/aromatic N) is 1. The number of amides is 1. The molecule has 1 aliphatic rings. The van der Waals surface area contributed by atoms with Crippen LogP contribution in [-0.4, -0.2) is 51.6 Å². The molecule has 0 radical (unpaired) electrons. The summed E-state index contributed by atoms with van der Waals surface area (Å²) >= 11 is 1.15. The summed E-state index contributed by atoms with van der Waals surface area (Å²) in [4.78, 5) is 25.5. The van der Waals surface area contributed by atoms with Gasteiger partial charge in [-0.3, -0.25) is 4.79 Å². The van der Waals surface area contributed by atoms with Crippen LogP contribution in [0, 0.1) is 5.92 Å². The van der Waals surface area contributed by atoms with Gasteiger partial charge in [0.2, 0.25) is 0 Å². The molecule has 0 spiro atoms. The second kappa shape index (κ2) is 11.7. The first kappa shape index (κ1) is 26.0. The molecule has 1 fully saturated rings. The molecule has 2 heterocycles. The van der Waals surface area contributed by atoms with Crippen molar-refractivity contribution in [2.75, 3.05) is 6.54 Å². The van der Waals surface area contributed by atoms with E-state index in [2.05, 4.69) is 12.1 Å². The minimum Gasteiger partial charge on any atom is -0.477 e. The first-order valence-electron chi connectivity index (χ1n) is 11.6. The van der Waals surface area contributed by atoms with Crippen molar-refractivity contribution in [1.29, 1.82) is 0 Å². The highest BCUT2D eigenvalue weighted by Crippen LogP contribution is 2.34. The Hall–Kier alpha value is -2.58. The number of aliphatic hydroxyl groups is 1. The Bertz CT molecular complexity index is 992. The fourth-order valence-corrected chi connectivity index (χ4v) is 5.07. The molecule has 1 saturated heterocycles. The van der Waals surface area contributed by atoms with E-state index in [-0.39, 0.29) is 17.3 Å². The lowest BCUT2D eigenvalue weighted by atomic mass is 9.95. The van der Waals surface area contributed by atoms with Gasteiger partial charge in [0.25, 0.3) is 5.91 Å². The van der Waals surface area contributed by atoms with Crippen molar-refractivity contribution in [3.8, 4) is 0 Å². The summed E-state index contributed by atoms with van der Waals surface area (Å²) in [5.41, 5.74) is 1.24. The predicted octanol–water partition coefficient (Wildman–Crippen LogP) is 5.19. The van der Waals surface area contributed by atoms with E-state index in [0.29, 0.717) is 12.8 Å². The molecule has 2 N–H and O–H groups in total. The van der Waals surface area contributed by atoms with Gasteiger partial charge < -0.3 is 15.1 Å². The molecule has 34 heavy (non-hydrogen) atoms. The first-order valence-corrected chi connectivity index (χ1v) is 12.4. The van der Waals surface area contributed by atoms with Gasteiger partial charge in [-0.15, -0.1) is 11.3 Å². The predicted molar refractivity (Wildman–Crippen MR) is 128 cm³/mol. The number of aromatic carboxylic acids is 1. The number of hydrogen-bond acceptors (Lipinski definition) is 4. The van der Waals surface area contributed by atoms with Crippen molar-refractivity contribution in [2.45, 2.75) is 63.5 Å². The molecule has 184 valence electrons. The third-order valence-corrected chi connectivity index (χ3v) is 7.35. The van der Waals surface area contributed by atoms with Gasteiger partial charge >= 0.3 is 11.9 Å². The number of benzene rings is 1. The molecule has 0 saturated carbocycles. The molecule has 3 rings (SSSR count). The Morgan fingerprint density at radius 2 is 1.94 bits per heavy atom. The number of alkyl halides is 2. The maximum absolute atomic E-state index is 14.1. The van der Waals surface area contributed by atoms with Crippen LogP contribution in [0.15, 0.2) is 54.6 Å². The van der Waals surface area contributed by atoms with Crippen molar-refractivity contribution >= 4 is 23.2 Å². The zero-order valence-electron chi connectivity index (χ0n) is 19.2. The molecule has 1 aromatic carbocycles. The number of likely N-dealkylation sites (tertiary alicyclic amines) is 1. The number of carbonyl (C=O) groups excluding carboxylic acids is 1. The van der Waals surface area contributed by atoms with Gasteiger partial charge in [0.15, 0.2) is 0 Å². The monoisotopic (exact) mass is 491 g/mol. The number of carboxylic acid groups (broad SMARTS) is 1. The molecule has 0 aliphatic carbocycles. The number of carboxylic acids is 1. The summed E-state index contributed by atoms with van der Waals surface area (Å²) < 4.78 is 28.3. The third-order valence-electron chi connectivity index (χ3n) is 6.22. The summed E-state index contributed by atoms with van der Waals surface area (Å²) in [6.45, 7) is 2.07. The van der Waals surface area contributed by atoms with Gasteiger partial charge in [0.05, 0.1) is 12.1 Å². The summed E-state index contributed by atoms with van der Waals surface area (Å²) in [5, 5.41) is 19.5. The first-order chi connectivity index (χ1) is 16.2. The van der Waals surface area contributed by atoms with Crippen LogP contribution in [0.3, 0.4) is 0 Å². The standard InChI is InChI=1S/C26H31F2NO4S/c1-18(7-5-10-19-8-3-2-4-9-19)22(30)14-12-20-17-26(27,28)25(33)29(20)16-6-11-21-13-15-23(34-21)24(31)32/h2-4,8-9,12-15,18,20,22,30H,5-7,10-11,16-17H2,1H3,(H,31,32)/t18-,20+,22-/m1/s1. The van der Waals surface area contributed by atoms with Crippen molar-refractivity contribution in [2.24, 2.45) is 5.92 Å². The summed E-state index contributed by atoms with van der Waals surface area (Å²) in [7, 11) is 0. The van der Waals surface area contributed by atoms with E-state index in [1.54, 1.807) is 6.07 Å². The van der Waals surface area contributed by atoms with Crippen LogP contribution in [-0.2, 0) is 17.6 Å². The Balaban J connectivity index is 1.51. The SMILES string of the molecule is C[C@H](CCCc1ccccc1)[C@H](O)C=C[C@H]1CC(F)(F)C(=O)N1CCCc1ccc(C(=O)O)s1. The normalized spacial score (nSPS) is 19.6. The van der Waals surface area contributed by atoms with E-state index < -0.39 is 36.4 Å². The zero-order chi connectivity index (χ0) is 24.7. The lowest BCUT2D eigenvalue weighted by molar-refractivity contribution is -0.148. The molecule has 8 heteroatoms. The lowest BCUT2D eigenvalue weighted by Crippen LogP contribution is -2.36. The molecular weight excluding hydrogens is 460 g/mol. The average Bonchev–Trinajstić information content (AvgIpc) is 3.36. The Kier molecular flexibility index (Phi) is 8.97. The number of carbonyl (C=O) groups is 2. The molecule has 1 aromatic heterocycles. The fraction of sp³-hybridized carbons (Fsp3) is 0.462. The highest BCUT2D eigenvalue weighted by Gasteiger charge is 2.52. The van der Waals surface area contributed by atoms with Crippen LogP contribution in [0.25, 0.3) is 0 Å². The summed E-state index contributed by atoms with van der Waals surface area (Å²) in [6, 6.07) is 12.5. The molecule has 1 amide bonds. The quantitative estimate of drug-likeness (QED) is 0.401. The number of rotatable bonds is 12. The molecule has 5 nitrogen and oxygen atoms in total. The van der Waals surface area contributed by atoms with E-state index in [4.69, 9.17) is 5.11 Å². The van der Waals surface area contributed by atoms with Crippen molar-refractivity contribution in [1.82, 2.24) is 4.90 Å². The van der Waals surface area contributed by atoms with E-state index in [1.165, 1.54) is 28.7 Å². The Morgan fingerprint density at radius 3 is 2.62 bits per heavy atom. The van der Waals surface area contributed by atoms with Gasteiger partial charge in [-0.25, -0.2) is 4.79 Å². The maximum Gasteiger partial charge on any atom is 0.345 e. The lowest BCUT2D eigenvalue weighted by Gasteiger charge is -2.22. The van der Waals surface area contributed by atoms with E-state index in [9.17, 15) is 23.5 Å². The number of aryl methyl sites for hydroxylation is 2. The van der Waals surface area contributed by atoms with Crippen LogP contribution in [0.2, 0.25) is 0 Å². The third kappa shape index (κ3) is 6.96. The van der Waals surface area contributed by atoms with Gasteiger partial charge in [-0.1, -0.05) is 49.4 Å². The molecule has 0 bridgehead atoms. The van der Waals surface area contributed by atoms with Gasteiger partial charge in [-0.05, 0) is 55.7 Å². The fourth-order valence-electron chi connectivity index (χ4n) is 4.19. The number of aliphatic hydroxyl groups excluding tert-OH is 1. The number of thiophene rings is 1. The van der Waals surface area contributed by atoms with Crippen LogP contribution in [0.4, 0.5) is 8.78 Å². The van der Waals surface area contributed by atoms with E-state index >= 15 is 0 Å². The van der Waals surface area contributed by atoms with Crippen LogP contribution < -0.4 is 0 Å². The number of halogens is 2. The van der Waals surface area contributed by atoms with E-state index in [1.807, 2.05) is 25.1 Å². The molecule has 0 unspecified atom stereocenters. The largest absolute Gasteiger partial charge is 0.477 e. The van der Waals surface area contributed by atoms with Crippen molar-refractivity contribution < 1.29 is 28.6 Å². The van der Waals surface area contributed by atoms with Gasteiger partial charge in [0, 0.05) is 17.8 Å². The zero-order valence-corrected chi connectivity index (χ0v) is 20.0. The van der Waals surface area contributed by atoms with Crippen molar-refractivity contribution in [3.63, 3.8) is 0 Å². The van der Waals surface area contributed by atoms with Crippen LogP contribution in [0.1, 0.15) is 52.7 Å². The Morgan fingerprint density at radius 1 is 1.21 bits per heavy atom. The van der Waals surface area contributed by atoms with Gasteiger partial charge in [0.1, 0.15) is 4.88 Å². The average molecular weight is 492 g/mol. The second-order valence-electron chi connectivity index (χ2n) is 8.88. The van der Waals surface area contributed by atoms with E-state index in [0.717, 1.165) is 35.5 Å². The summed E-state index contributed by atoms with van der Waals surface area (Å²) in [5.74, 6) is -5.64. The number of hydrogen-bond donors (Lipinski definition) is 2. The Labute approximate surface area is 202 Å². The summed E-state index contributed by atoms with van der Waals surface area (Å²) in [6.07, 6.45) is 5.27. The topological polar surface area (TPSA) is 77.8 Å². The smallest absolute Gasteiger partial charge is 0.345 e. The van der Waals surface area contributed by atoms with Crippen LogP contribution >= 0.6 is 11.3 Å². The van der Waals surface area contributed by atoms with Crippen LogP contribution in [0.5, 0.6) is 0 Å². The maximum atomic E-state index is 14.1. The minimum absolute atomic E-state index is 0.0340. The highest BCUT2D eigenvalue weighted by molar-refractivity contribution is 7.13. The molecule has 3 atom stereocenters. The second-order valence-corrected chi connectivity index (χ2v) is 10.0.